The predicted octanol–water partition coefficient (Wildman–Crippen LogP) is 2.71. The van der Waals surface area contributed by atoms with E-state index in [-0.39, 0.29) is 21.5 Å². The molecule has 27 heavy (non-hydrogen) atoms. The first-order chi connectivity index (χ1) is 12.8. The molecule has 0 radical (unpaired) electrons. The average molecular weight is 439 g/mol. The fourth-order valence-corrected chi connectivity index (χ4v) is 7.19. The number of carbonyl (C=O) groups is 3. The standard InChI is InChI=1S/C19H23BrN2O5/c20-19-7-12-4-13(8-19)6-18(5-12,11-19)9-16(24)27-10-15(23)21-22-17(25)14-2-1-3-26-14/h1-3,12-13H,4-11H2,(H,21,23)(H,22,25). The van der Waals surface area contributed by atoms with Crippen LogP contribution in [0, 0.1) is 17.3 Å². The van der Waals surface area contributed by atoms with Gasteiger partial charge >= 0.3 is 11.9 Å². The second kappa shape index (κ2) is 6.96. The van der Waals surface area contributed by atoms with Crippen molar-refractivity contribution in [3.63, 3.8) is 0 Å². The molecule has 2 amide bonds. The molecule has 4 aliphatic rings. The Balaban J connectivity index is 1.23. The average Bonchev–Trinajstić information content (AvgIpc) is 3.09. The summed E-state index contributed by atoms with van der Waals surface area (Å²) in [6.45, 7) is -0.417. The number of nitrogens with one attached hydrogen (secondary N) is 2. The molecule has 1 aromatic rings. The lowest BCUT2D eigenvalue weighted by molar-refractivity contribution is -0.154. The number of hydrazine groups is 1. The molecule has 0 aliphatic heterocycles. The summed E-state index contributed by atoms with van der Waals surface area (Å²) in [4.78, 5) is 35.8. The van der Waals surface area contributed by atoms with E-state index in [4.69, 9.17) is 9.15 Å². The van der Waals surface area contributed by atoms with E-state index >= 15 is 0 Å². The Morgan fingerprint density at radius 3 is 2.56 bits per heavy atom. The summed E-state index contributed by atoms with van der Waals surface area (Å²) in [5, 5.41) is 0. The molecule has 2 atom stereocenters. The number of esters is 1. The van der Waals surface area contributed by atoms with Crippen LogP contribution in [0.1, 0.15) is 55.5 Å². The summed E-state index contributed by atoms with van der Waals surface area (Å²) in [5.74, 6) is -0.0444. The molecule has 4 fully saturated rings. The Morgan fingerprint density at radius 1 is 1.19 bits per heavy atom. The number of hydrogen-bond acceptors (Lipinski definition) is 5. The van der Waals surface area contributed by atoms with E-state index < -0.39 is 18.4 Å². The van der Waals surface area contributed by atoms with Gasteiger partial charge in [0.1, 0.15) is 0 Å². The van der Waals surface area contributed by atoms with Crippen LogP contribution in [0.25, 0.3) is 0 Å². The third-order valence-electron chi connectivity index (χ3n) is 6.05. The largest absolute Gasteiger partial charge is 0.459 e. The van der Waals surface area contributed by atoms with Gasteiger partial charge in [-0.05, 0) is 67.9 Å². The van der Waals surface area contributed by atoms with Crippen molar-refractivity contribution in [3.05, 3.63) is 24.2 Å². The minimum Gasteiger partial charge on any atom is -0.459 e. The zero-order chi connectivity index (χ0) is 19.1. The van der Waals surface area contributed by atoms with E-state index in [0.717, 1.165) is 19.3 Å². The summed E-state index contributed by atoms with van der Waals surface area (Å²) in [5.41, 5.74) is 4.43. The molecule has 1 heterocycles. The van der Waals surface area contributed by atoms with Gasteiger partial charge in [0.2, 0.25) is 0 Å². The van der Waals surface area contributed by atoms with Crippen molar-refractivity contribution in [1.82, 2.24) is 10.9 Å². The van der Waals surface area contributed by atoms with Gasteiger partial charge in [0.05, 0.1) is 12.7 Å². The van der Waals surface area contributed by atoms with Crippen LogP contribution in [-0.4, -0.2) is 28.7 Å². The van der Waals surface area contributed by atoms with Crippen molar-refractivity contribution < 1.29 is 23.5 Å². The molecule has 146 valence electrons. The van der Waals surface area contributed by atoms with Crippen LogP contribution >= 0.6 is 15.9 Å². The molecule has 4 aliphatic carbocycles. The lowest BCUT2D eigenvalue weighted by Crippen LogP contribution is -2.53. The van der Waals surface area contributed by atoms with Crippen LogP contribution in [0.3, 0.4) is 0 Å². The van der Waals surface area contributed by atoms with E-state index in [2.05, 4.69) is 26.8 Å². The van der Waals surface area contributed by atoms with E-state index in [0.29, 0.717) is 18.3 Å². The highest BCUT2D eigenvalue weighted by molar-refractivity contribution is 9.10. The topological polar surface area (TPSA) is 97.6 Å². The van der Waals surface area contributed by atoms with Crippen LogP contribution in [0.5, 0.6) is 0 Å². The first kappa shape index (κ1) is 18.5. The minimum atomic E-state index is -0.592. The Bertz CT molecular complexity index is 733. The van der Waals surface area contributed by atoms with Gasteiger partial charge in [0.25, 0.3) is 5.91 Å². The summed E-state index contributed by atoms with van der Waals surface area (Å²) >= 11 is 3.93. The molecule has 0 saturated heterocycles. The van der Waals surface area contributed by atoms with Crippen LogP contribution < -0.4 is 10.9 Å². The molecule has 0 spiro atoms. The summed E-state index contributed by atoms with van der Waals surface area (Å²) in [6, 6.07) is 3.05. The molecule has 0 aromatic carbocycles. The van der Waals surface area contributed by atoms with Crippen molar-refractivity contribution in [2.24, 2.45) is 17.3 Å². The third kappa shape index (κ3) is 4.05. The van der Waals surface area contributed by atoms with Crippen molar-refractivity contribution in [3.8, 4) is 0 Å². The maximum Gasteiger partial charge on any atom is 0.306 e. The van der Waals surface area contributed by atoms with Crippen molar-refractivity contribution in [2.45, 2.75) is 49.3 Å². The summed E-state index contributed by atoms with van der Waals surface area (Å²) in [7, 11) is 0. The molecule has 4 bridgehead atoms. The third-order valence-corrected chi connectivity index (χ3v) is 6.98. The summed E-state index contributed by atoms with van der Waals surface area (Å²) < 4.78 is 10.3. The number of amides is 2. The SMILES string of the molecule is O=C(COC(=O)CC12CC3CC(CC(Br)(C3)C1)C2)NNC(=O)c1ccco1. The zero-order valence-electron chi connectivity index (χ0n) is 15.0. The number of carbonyl (C=O) groups excluding carboxylic acids is 3. The van der Waals surface area contributed by atoms with Gasteiger partial charge in [0, 0.05) is 4.32 Å². The first-order valence-corrected chi connectivity index (χ1v) is 10.1. The fraction of sp³-hybridized carbons (Fsp3) is 0.632. The molecular formula is C19H23BrN2O5. The van der Waals surface area contributed by atoms with Crippen molar-refractivity contribution in [1.29, 1.82) is 0 Å². The normalized spacial score (nSPS) is 33.5. The van der Waals surface area contributed by atoms with Gasteiger partial charge in [-0.2, -0.15) is 0 Å². The van der Waals surface area contributed by atoms with E-state index in [9.17, 15) is 14.4 Å². The monoisotopic (exact) mass is 438 g/mol. The van der Waals surface area contributed by atoms with Gasteiger partial charge in [-0.1, -0.05) is 15.9 Å². The van der Waals surface area contributed by atoms with Crippen LogP contribution in [0.15, 0.2) is 22.8 Å². The van der Waals surface area contributed by atoms with Crippen molar-refractivity contribution >= 4 is 33.7 Å². The van der Waals surface area contributed by atoms with Gasteiger partial charge in [-0.3, -0.25) is 25.2 Å². The molecule has 5 rings (SSSR count). The molecule has 7 nitrogen and oxygen atoms in total. The molecule has 4 saturated carbocycles. The number of ether oxygens (including phenoxy) is 1. The molecule has 1 aromatic heterocycles. The zero-order valence-corrected chi connectivity index (χ0v) is 16.5. The Labute approximate surface area is 165 Å². The number of alkyl halides is 1. The highest BCUT2D eigenvalue weighted by atomic mass is 79.9. The number of halogens is 1. The van der Waals surface area contributed by atoms with Crippen LogP contribution in [-0.2, 0) is 14.3 Å². The number of furan rings is 1. The molecule has 8 heteroatoms. The van der Waals surface area contributed by atoms with Crippen LogP contribution in [0.2, 0.25) is 0 Å². The number of hydrogen-bond donors (Lipinski definition) is 2. The van der Waals surface area contributed by atoms with Gasteiger partial charge in [0.15, 0.2) is 12.4 Å². The van der Waals surface area contributed by atoms with Crippen LogP contribution in [0.4, 0.5) is 0 Å². The second-order valence-electron chi connectivity index (χ2n) is 8.43. The predicted molar refractivity (Wildman–Crippen MR) is 98.7 cm³/mol. The van der Waals surface area contributed by atoms with Gasteiger partial charge in [-0.15, -0.1) is 0 Å². The van der Waals surface area contributed by atoms with Gasteiger partial charge < -0.3 is 9.15 Å². The highest BCUT2D eigenvalue weighted by Gasteiger charge is 2.57. The van der Waals surface area contributed by atoms with E-state index in [1.54, 1.807) is 6.07 Å². The lowest BCUT2D eigenvalue weighted by atomic mass is 9.49. The molecular weight excluding hydrogens is 416 g/mol. The quantitative estimate of drug-likeness (QED) is 0.418. The lowest BCUT2D eigenvalue weighted by Gasteiger charge is -2.60. The highest BCUT2D eigenvalue weighted by Crippen LogP contribution is 2.65. The first-order valence-electron chi connectivity index (χ1n) is 9.32. The Kier molecular flexibility index (Phi) is 4.78. The smallest absolute Gasteiger partial charge is 0.306 e. The van der Waals surface area contributed by atoms with Gasteiger partial charge in [-0.25, -0.2) is 0 Å². The maximum absolute atomic E-state index is 12.3. The summed E-state index contributed by atoms with van der Waals surface area (Å²) in [6.07, 6.45) is 8.58. The molecule has 2 N–H and O–H groups in total. The Hall–Kier alpha value is -1.83. The second-order valence-corrected chi connectivity index (χ2v) is 10.1. The fourth-order valence-electron chi connectivity index (χ4n) is 5.68. The Morgan fingerprint density at radius 2 is 1.93 bits per heavy atom. The van der Waals surface area contributed by atoms with Crippen molar-refractivity contribution in [2.75, 3.05) is 6.61 Å². The molecule has 2 unspecified atom stereocenters. The maximum atomic E-state index is 12.3. The van der Waals surface area contributed by atoms with E-state index in [1.807, 2.05) is 0 Å². The number of rotatable bonds is 5. The minimum absolute atomic E-state index is 0.00858. The van der Waals surface area contributed by atoms with E-state index in [1.165, 1.54) is 31.6 Å².